The number of fused-ring (bicyclic) bond motifs is 1. The lowest BCUT2D eigenvalue weighted by Crippen LogP contribution is -2.09. The molecule has 0 saturated carbocycles. The second-order valence-corrected chi connectivity index (χ2v) is 5.86. The first-order valence-electron chi connectivity index (χ1n) is 8.70. The van der Waals surface area contributed by atoms with Crippen LogP contribution in [0.25, 0.3) is 10.9 Å². The van der Waals surface area contributed by atoms with Crippen LogP contribution in [-0.2, 0) is 0 Å². The summed E-state index contributed by atoms with van der Waals surface area (Å²) in [6.45, 7) is 7.19. The van der Waals surface area contributed by atoms with Crippen molar-refractivity contribution >= 4 is 28.4 Å². The smallest absolute Gasteiger partial charge is 0.270 e. The van der Waals surface area contributed by atoms with Gasteiger partial charge in [-0.05, 0) is 12.5 Å². The molecule has 0 fully saturated rings. The summed E-state index contributed by atoms with van der Waals surface area (Å²) in [6.07, 6.45) is 7.61. The zero-order chi connectivity index (χ0) is 18.1. The Morgan fingerprint density at radius 1 is 1.20 bits per heavy atom. The Kier molecular flexibility index (Phi) is 7.13. The molecule has 0 atom stereocenters. The van der Waals surface area contributed by atoms with E-state index in [1.54, 1.807) is 12.1 Å². The first-order chi connectivity index (χ1) is 12.2. The van der Waals surface area contributed by atoms with Crippen LogP contribution < -0.4 is 10.6 Å². The number of non-ortho nitro benzene ring substituents is 1. The predicted octanol–water partition coefficient (Wildman–Crippen LogP) is 4.52. The molecule has 1 aromatic carbocycles. The van der Waals surface area contributed by atoms with E-state index in [1.165, 1.54) is 31.4 Å². The molecule has 0 radical (unpaired) electrons. The maximum absolute atomic E-state index is 11.0. The van der Waals surface area contributed by atoms with Gasteiger partial charge in [0.25, 0.3) is 5.69 Å². The van der Waals surface area contributed by atoms with Crippen molar-refractivity contribution in [3.63, 3.8) is 0 Å². The maximum Gasteiger partial charge on any atom is 0.270 e. The van der Waals surface area contributed by atoms with E-state index < -0.39 is 4.92 Å². The Morgan fingerprint density at radius 2 is 2.00 bits per heavy atom. The SMILES string of the molecule is C=CCNc1nc(NCCCCCCC)c2cc([N+](=O)[O-])ccc2n1. The number of nitro groups is 1. The van der Waals surface area contributed by atoms with E-state index in [9.17, 15) is 10.1 Å². The van der Waals surface area contributed by atoms with Crippen LogP contribution in [0.4, 0.5) is 17.5 Å². The van der Waals surface area contributed by atoms with E-state index in [2.05, 4.69) is 34.1 Å². The van der Waals surface area contributed by atoms with Crippen molar-refractivity contribution in [3.05, 3.63) is 41.0 Å². The Balaban J connectivity index is 2.20. The molecule has 7 heteroatoms. The second-order valence-electron chi connectivity index (χ2n) is 5.86. The molecule has 7 nitrogen and oxygen atoms in total. The highest BCUT2D eigenvalue weighted by molar-refractivity contribution is 5.91. The molecule has 0 aliphatic carbocycles. The molecule has 134 valence electrons. The van der Waals surface area contributed by atoms with E-state index in [1.807, 2.05) is 0 Å². The van der Waals surface area contributed by atoms with Crippen molar-refractivity contribution < 1.29 is 4.92 Å². The van der Waals surface area contributed by atoms with E-state index in [4.69, 9.17) is 0 Å². The molecular weight excluding hydrogens is 318 g/mol. The number of aromatic nitrogens is 2. The third kappa shape index (κ3) is 5.41. The quantitative estimate of drug-likeness (QED) is 0.270. The number of nitrogens with zero attached hydrogens (tertiary/aromatic N) is 3. The van der Waals surface area contributed by atoms with Gasteiger partial charge in [-0.2, -0.15) is 4.98 Å². The van der Waals surface area contributed by atoms with Crippen LogP contribution in [-0.4, -0.2) is 28.0 Å². The van der Waals surface area contributed by atoms with Gasteiger partial charge >= 0.3 is 0 Å². The zero-order valence-corrected chi connectivity index (χ0v) is 14.6. The summed E-state index contributed by atoms with van der Waals surface area (Å²) in [5, 5.41) is 18.1. The molecule has 2 N–H and O–H groups in total. The number of anilines is 2. The molecule has 2 rings (SSSR count). The van der Waals surface area contributed by atoms with Gasteiger partial charge in [0.05, 0.1) is 10.4 Å². The van der Waals surface area contributed by atoms with Crippen molar-refractivity contribution in [1.82, 2.24) is 9.97 Å². The van der Waals surface area contributed by atoms with Crippen LogP contribution >= 0.6 is 0 Å². The first-order valence-corrected chi connectivity index (χ1v) is 8.70. The normalized spacial score (nSPS) is 10.6. The van der Waals surface area contributed by atoms with Gasteiger partial charge in [0.1, 0.15) is 5.82 Å². The van der Waals surface area contributed by atoms with Gasteiger partial charge in [0.15, 0.2) is 0 Å². The molecule has 0 saturated heterocycles. The fraction of sp³-hybridized carbons (Fsp3) is 0.444. The Bertz CT molecular complexity index is 733. The van der Waals surface area contributed by atoms with Crippen molar-refractivity contribution in [2.75, 3.05) is 23.7 Å². The molecule has 2 aromatic rings. The fourth-order valence-electron chi connectivity index (χ4n) is 2.54. The van der Waals surface area contributed by atoms with Crippen molar-refractivity contribution in [1.29, 1.82) is 0 Å². The van der Waals surface area contributed by atoms with Crippen LogP contribution in [0.2, 0.25) is 0 Å². The van der Waals surface area contributed by atoms with Gasteiger partial charge in [-0.15, -0.1) is 6.58 Å². The lowest BCUT2D eigenvalue weighted by atomic mass is 10.1. The molecule has 1 heterocycles. The largest absolute Gasteiger partial charge is 0.369 e. The lowest BCUT2D eigenvalue weighted by Gasteiger charge is -2.11. The van der Waals surface area contributed by atoms with Crippen LogP contribution in [0.3, 0.4) is 0 Å². The molecule has 25 heavy (non-hydrogen) atoms. The minimum atomic E-state index is -0.405. The fourth-order valence-corrected chi connectivity index (χ4v) is 2.54. The van der Waals surface area contributed by atoms with Gasteiger partial charge in [-0.1, -0.05) is 38.7 Å². The molecule has 0 spiro atoms. The molecular formula is C18H25N5O2. The number of rotatable bonds is 11. The van der Waals surface area contributed by atoms with E-state index in [0.717, 1.165) is 19.4 Å². The molecule has 0 amide bonds. The third-order valence-corrected chi connectivity index (χ3v) is 3.87. The number of nitrogens with one attached hydrogen (secondary N) is 2. The average Bonchev–Trinajstić information content (AvgIpc) is 2.62. The van der Waals surface area contributed by atoms with Gasteiger partial charge in [0.2, 0.25) is 5.95 Å². The summed E-state index contributed by atoms with van der Waals surface area (Å²) in [5.74, 6) is 1.10. The Hall–Kier alpha value is -2.70. The molecule has 0 aliphatic heterocycles. The van der Waals surface area contributed by atoms with Crippen LogP contribution in [0.15, 0.2) is 30.9 Å². The van der Waals surface area contributed by atoms with Crippen LogP contribution in [0.1, 0.15) is 39.0 Å². The number of nitro benzene ring substituents is 1. The van der Waals surface area contributed by atoms with Gasteiger partial charge in [-0.25, -0.2) is 4.98 Å². The van der Waals surface area contributed by atoms with Gasteiger partial charge < -0.3 is 10.6 Å². The molecule has 0 bridgehead atoms. The summed E-state index contributed by atoms with van der Waals surface area (Å²) < 4.78 is 0. The van der Waals surface area contributed by atoms with E-state index in [0.29, 0.717) is 29.2 Å². The Morgan fingerprint density at radius 3 is 2.72 bits per heavy atom. The summed E-state index contributed by atoms with van der Waals surface area (Å²) in [6, 6.07) is 4.63. The highest BCUT2D eigenvalue weighted by atomic mass is 16.6. The standard InChI is InChI=1S/C18H25N5O2/c1-3-5-6-7-8-12-19-17-15-13-14(23(24)25)9-10-16(15)21-18(22-17)20-11-4-2/h4,9-10,13H,2-3,5-8,11-12H2,1H3,(H2,19,20,21,22). The lowest BCUT2D eigenvalue weighted by molar-refractivity contribution is -0.384. The molecule has 0 unspecified atom stereocenters. The van der Waals surface area contributed by atoms with Crippen molar-refractivity contribution in [2.24, 2.45) is 0 Å². The number of hydrogen-bond donors (Lipinski definition) is 2. The van der Waals surface area contributed by atoms with Crippen LogP contribution in [0, 0.1) is 10.1 Å². The topological polar surface area (TPSA) is 93.0 Å². The minimum absolute atomic E-state index is 0.0360. The molecule has 0 aliphatic rings. The van der Waals surface area contributed by atoms with E-state index >= 15 is 0 Å². The number of hydrogen-bond acceptors (Lipinski definition) is 6. The van der Waals surface area contributed by atoms with Crippen molar-refractivity contribution in [2.45, 2.75) is 39.0 Å². The second kappa shape index (κ2) is 9.56. The number of unbranched alkanes of at least 4 members (excludes halogenated alkanes) is 4. The highest BCUT2D eigenvalue weighted by Gasteiger charge is 2.12. The predicted molar refractivity (Wildman–Crippen MR) is 102 cm³/mol. The van der Waals surface area contributed by atoms with E-state index in [-0.39, 0.29) is 5.69 Å². The summed E-state index contributed by atoms with van der Waals surface area (Å²) >= 11 is 0. The monoisotopic (exact) mass is 343 g/mol. The Labute approximate surface area is 147 Å². The van der Waals surface area contributed by atoms with Crippen molar-refractivity contribution in [3.8, 4) is 0 Å². The summed E-state index contributed by atoms with van der Waals surface area (Å²) in [5.41, 5.74) is 0.703. The first kappa shape index (κ1) is 18.6. The summed E-state index contributed by atoms with van der Waals surface area (Å²) in [4.78, 5) is 19.5. The van der Waals surface area contributed by atoms with Gasteiger partial charge in [0, 0.05) is 30.6 Å². The average molecular weight is 343 g/mol. The summed E-state index contributed by atoms with van der Waals surface area (Å²) in [7, 11) is 0. The van der Waals surface area contributed by atoms with Gasteiger partial charge in [-0.3, -0.25) is 10.1 Å². The highest BCUT2D eigenvalue weighted by Crippen LogP contribution is 2.26. The number of benzene rings is 1. The zero-order valence-electron chi connectivity index (χ0n) is 14.6. The van der Waals surface area contributed by atoms with Crippen LogP contribution in [0.5, 0.6) is 0 Å². The molecule has 1 aromatic heterocycles. The minimum Gasteiger partial charge on any atom is -0.369 e. The third-order valence-electron chi connectivity index (χ3n) is 3.87. The maximum atomic E-state index is 11.0.